The summed E-state index contributed by atoms with van der Waals surface area (Å²) in [6, 6.07) is 11.9. The molecule has 0 saturated heterocycles. The van der Waals surface area contributed by atoms with Gasteiger partial charge in [0.25, 0.3) is 11.8 Å². The number of benzene rings is 2. The van der Waals surface area contributed by atoms with E-state index in [0.29, 0.717) is 11.5 Å². The summed E-state index contributed by atoms with van der Waals surface area (Å²) >= 11 is 0. The Bertz CT molecular complexity index is 1270. The molecule has 5 rings (SSSR count). The Morgan fingerprint density at radius 2 is 1.85 bits per heavy atom. The molecule has 0 fully saturated rings. The summed E-state index contributed by atoms with van der Waals surface area (Å²) in [4.78, 5) is 26.9. The van der Waals surface area contributed by atoms with E-state index in [2.05, 4.69) is 10.4 Å². The van der Waals surface area contributed by atoms with Crippen molar-refractivity contribution in [2.24, 2.45) is 0 Å². The summed E-state index contributed by atoms with van der Waals surface area (Å²) in [5.41, 5.74) is 0.251. The summed E-state index contributed by atoms with van der Waals surface area (Å²) in [7, 11) is 0. The lowest BCUT2D eigenvalue weighted by atomic mass is 10.1. The predicted molar refractivity (Wildman–Crippen MR) is 112 cm³/mol. The van der Waals surface area contributed by atoms with E-state index >= 15 is 0 Å². The van der Waals surface area contributed by atoms with E-state index in [1.165, 1.54) is 33.8 Å². The zero-order chi connectivity index (χ0) is 23.9. The topological polar surface area (TPSA) is 85.7 Å². The average Bonchev–Trinajstić information content (AvgIpc) is 3.46. The number of fused-ring (bicyclic) bond motifs is 2. The Morgan fingerprint density at radius 1 is 1.06 bits per heavy atom. The third kappa shape index (κ3) is 4.16. The first kappa shape index (κ1) is 21.8. The highest BCUT2D eigenvalue weighted by Crippen LogP contribution is 2.33. The number of alkyl halides is 3. The molecular weight excluding hydrogens is 453 g/mol. The number of hydrogen-bond acceptors (Lipinski definition) is 5. The molecule has 8 nitrogen and oxygen atoms in total. The van der Waals surface area contributed by atoms with Crippen molar-refractivity contribution in [3.05, 3.63) is 76.6 Å². The largest absolute Gasteiger partial charge is 0.454 e. The van der Waals surface area contributed by atoms with E-state index < -0.39 is 23.6 Å². The molecule has 34 heavy (non-hydrogen) atoms. The van der Waals surface area contributed by atoms with Crippen molar-refractivity contribution in [1.82, 2.24) is 20.0 Å². The fourth-order valence-corrected chi connectivity index (χ4v) is 3.96. The molecule has 0 unspecified atom stereocenters. The lowest BCUT2D eigenvalue weighted by Gasteiger charge is -2.28. The van der Waals surface area contributed by atoms with Gasteiger partial charge in [0.15, 0.2) is 17.2 Å². The lowest BCUT2D eigenvalue weighted by molar-refractivity contribution is -0.138. The number of nitrogens with one attached hydrogen (secondary N) is 1. The zero-order valence-electron chi connectivity index (χ0n) is 17.8. The third-order valence-electron chi connectivity index (χ3n) is 5.67. The third-order valence-corrected chi connectivity index (χ3v) is 5.67. The van der Waals surface area contributed by atoms with Crippen LogP contribution in [0.15, 0.2) is 48.5 Å². The normalized spacial score (nSPS) is 14.8. The zero-order valence-corrected chi connectivity index (χ0v) is 17.8. The van der Waals surface area contributed by atoms with Crippen LogP contribution in [-0.2, 0) is 25.8 Å². The Hall–Kier alpha value is -4.02. The minimum absolute atomic E-state index is 0.0120. The van der Waals surface area contributed by atoms with Crippen molar-refractivity contribution < 1.29 is 32.2 Å². The van der Waals surface area contributed by atoms with Gasteiger partial charge in [0.1, 0.15) is 5.69 Å². The fraction of sp³-hybridized carbons (Fsp3) is 0.261. The second kappa shape index (κ2) is 8.40. The monoisotopic (exact) mass is 472 g/mol. The van der Waals surface area contributed by atoms with Gasteiger partial charge in [-0.25, -0.2) is 0 Å². The molecule has 0 spiro atoms. The molecule has 0 saturated carbocycles. The molecule has 2 amide bonds. The number of hydrogen-bond donors (Lipinski definition) is 1. The van der Waals surface area contributed by atoms with Gasteiger partial charge in [-0.3, -0.25) is 14.3 Å². The standard InChI is InChI=1S/C23H19F3N4O4/c24-23(25,26)16-4-2-1-3-15(16)12-29-7-8-30-18(22(29)32)10-17(28-30)21(31)27-11-14-5-6-19-20(9-14)34-13-33-19/h1-6,9-10H,7-8,11-13H2,(H,27,31). The van der Waals surface area contributed by atoms with Gasteiger partial charge in [0.05, 0.1) is 12.1 Å². The van der Waals surface area contributed by atoms with Gasteiger partial charge in [0, 0.05) is 25.7 Å². The molecular formula is C23H19F3N4O4. The summed E-state index contributed by atoms with van der Waals surface area (Å²) < 4.78 is 51.9. The Morgan fingerprint density at radius 3 is 2.68 bits per heavy atom. The Labute approximate surface area is 191 Å². The minimum atomic E-state index is -4.51. The van der Waals surface area contributed by atoms with Crippen LogP contribution in [0, 0.1) is 0 Å². The summed E-state index contributed by atoms with van der Waals surface area (Å²) in [6.07, 6.45) is -4.51. The number of rotatable bonds is 5. The molecule has 3 heterocycles. The van der Waals surface area contributed by atoms with Gasteiger partial charge in [-0.15, -0.1) is 0 Å². The average molecular weight is 472 g/mol. The molecule has 3 aromatic rings. The van der Waals surface area contributed by atoms with Crippen LogP contribution < -0.4 is 14.8 Å². The van der Waals surface area contributed by atoms with E-state index in [0.717, 1.165) is 11.6 Å². The minimum Gasteiger partial charge on any atom is -0.454 e. The SMILES string of the molecule is O=C(NCc1ccc2c(c1)OCO2)c1cc2n(n1)CCN(Cc1ccccc1C(F)(F)F)C2=O. The molecule has 2 aromatic carbocycles. The Kier molecular flexibility index (Phi) is 5.39. The first-order valence-electron chi connectivity index (χ1n) is 10.5. The quantitative estimate of drug-likeness (QED) is 0.617. The fourth-order valence-electron chi connectivity index (χ4n) is 3.96. The van der Waals surface area contributed by atoms with Gasteiger partial charge in [-0.2, -0.15) is 18.3 Å². The highest BCUT2D eigenvalue weighted by atomic mass is 19.4. The highest BCUT2D eigenvalue weighted by Gasteiger charge is 2.35. The maximum atomic E-state index is 13.3. The molecule has 0 aliphatic carbocycles. The first-order valence-corrected chi connectivity index (χ1v) is 10.5. The van der Waals surface area contributed by atoms with Crippen LogP contribution >= 0.6 is 0 Å². The molecule has 0 radical (unpaired) electrons. The highest BCUT2D eigenvalue weighted by molar-refractivity contribution is 5.98. The molecule has 176 valence electrons. The Balaban J connectivity index is 1.27. The first-order chi connectivity index (χ1) is 16.3. The van der Waals surface area contributed by atoms with Crippen LogP contribution in [0.4, 0.5) is 13.2 Å². The number of amides is 2. The van der Waals surface area contributed by atoms with Crippen LogP contribution in [0.1, 0.15) is 37.7 Å². The molecule has 1 N–H and O–H groups in total. The maximum absolute atomic E-state index is 13.3. The van der Waals surface area contributed by atoms with E-state index in [4.69, 9.17) is 9.47 Å². The van der Waals surface area contributed by atoms with Crippen LogP contribution in [-0.4, -0.2) is 39.8 Å². The van der Waals surface area contributed by atoms with Gasteiger partial charge in [-0.05, 0) is 29.3 Å². The van der Waals surface area contributed by atoms with Gasteiger partial charge in [0.2, 0.25) is 6.79 Å². The van der Waals surface area contributed by atoms with Crippen LogP contribution in [0.5, 0.6) is 11.5 Å². The van der Waals surface area contributed by atoms with Gasteiger partial charge < -0.3 is 19.7 Å². The van der Waals surface area contributed by atoms with E-state index in [-0.39, 0.29) is 49.9 Å². The number of nitrogens with zero attached hydrogens (tertiary/aromatic N) is 3. The number of ether oxygens (including phenoxy) is 2. The molecule has 1 aromatic heterocycles. The number of aromatic nitrogens is 2. The predicted octanol–water partition coefficient (Wildman–Crippen LogP) is 3.22. The molecule has 11 heteroatoms. The molecule has 2 aliphatic rings. The lowest BCUT2D eigenvalue weighted by Crippen LogP contribution is -2.40. The number of carbonyl (C=O) groups is 2. The van der Waals surface area contributed by atoms with Crippen molar-refractivity contribution in [3.8, 4) is 11.5 Å². The molecule has 2 aliphatic heterocycles. The van der Waals surface area contributed by atoms with Crippen molar-refractivity contribution in [2.75, 3.05) is 13.3 Å². The van der Waals surface area contributed by atoms with E-state index in [9.17, 15) is 22.8 Å². The number of halogens is 3. The number of carbonyl (C=O) groups excluding carboxylic acids is 2. The van der Waals surface area contributed by atoms with Crippen molar-refractivity contribution in [2.45, 2.75) is 25.8 Å². The summed E-state index contributed by atoms with van der Waals surface area (Å²) in [5, 5.41) is 6.95. The maximum Gasteiger partial charge on any atom is 0.416 e. The van der Waals surface area contributed by atoms with E-state index in [1.54, 1.807) is 18.2 Å². The van der Waals surface area contributed by atoms with Crippen LogP contribution in [0.25, 0.3) is 0 Å². The van der Waals surface area contributed by atoms with E-state index in [1.807, 2.05) is 0 Å². The smallest absolute Gasteiger partial charge is 0.416 e. The molecule has 0 bridgehead atoms. The second-order valence-electron chi connectivity index (χ2n) is 7.89. The van der Waals surface area contributed by atoms with Crippen molar-refractivity contribution >= 4 is 11.8 Å². The second-order valence-corrected chi connectivity index (χ2v) is 7.89. The molecule has 0 atom stereocenters. The van der Waals surface area contributed by atoms with Crippen LogP contribution in [0.3, 0.4) is 0 Å². The van der Waals surface area contributed by atoms with Crippen molar-refractivity contribution in [3.63, 3.8) is 0 Å². The van der Waals surface area contributed by atoms with Gasteiger partial charge in [-0.1, -0.05) is 24.3 Å². The summed E-state index contributed by atoms with van der Waals surface area (Å²) in [5.74, 6) is 0.284. The summed E-state index contributed by atoms with van der Waals surface area (Å²) in [6.45, 7) is 0.623. The van der Waals surface area contributed by atoms with Crippen LogP contribution in [0.2, 0.25) is 0 Å². The van der Waals surface area contributed by atoms with Crippen molar-refractivity contribution in [1.29, 1.82) is 0 Å². The van der Waals surface area contributed by atoms with Gasteiger partial charge >= 0.3 is 6.18 Å².